The second kappa shape index (κ2) is 4.33. The first kappa shape index (κ1) is 10.0. The van der Waals surface area contributed by atoms with E-state index in [4.69, 9.17) is 16.3 Å². The molecule has 0 saturated carbocycles. The lowest BCUT2D eigenvalue weighted by Gasteiger charge is -2.16. The maximum Gasteiger partial charge on any atom is 0.0507 e. The molecular weight excluding hydrogens is 196 g/mol. The first-order valence-corrected chi connectivity index (χ1v) is 5.51. The Bertz CT molecular complexity index is 333. The molecule has 0 radical (unpaired) electrons. The first-order valence-electron chi connectivity index (χ1n) is 5.13. The molecule has 1 nitrogen and oxygen atoms in total. The second-order valence-electron chi connectivity index (χ2n) is 3.80. The fourth-order valence-corrected chi connectivity index (χ4v) is 2.20. The summed E-state index contributed by atoms with van der Waals surface area (Å²) in [5, 5.41) is 0.938. The highest BCUT2D eigenvalue weighted by Crippen LogP contribution is 2.26. The van der Waals surface area contributed by atoms with Crippen LogP contribution < -0.4 is 0 Å². The minimum absolute atomic E-state index is 0.802. The Morgan fingerprint density at radius 2 is 2.07 bits per heavy atom. The molecule has 0 N–H and O–H groups in total. The van der Waals surface area contributed by atoms with Gasteiger partial charge in [-0.2, -0.15) is 0 Å². The molecular formula is C12H15ClO. The smallest absolute Gasteiger partial charge is 0.0507 e. The Labute approximate surface area is 90.0 Å². The van der Waals surface area contributed by atoms with Gasteiger partial charge in [0.25, 0.3) is 0 Å². The highest BCUT2D eigenvalue weighted by molar-refractivity contribution is 6.32. The molecule has 0 spiro atoms. The van der Waals surface area contributed by atoms with Gasteiger partial charge in [-0.1, -0.05) is 23.7 Å². The monoisotopic (exact) mass is 210 g/mol. The molecule has 2 rings (SSSR count). The van der Waals surface area contributed by atoms with Crippen LogP contribution in [-0.4, -0.2) is 13.2 Å². The molecule has 1 aliphatic heterocycles. The van der Waals surface area contributed by atoms with Crippen LogP contribution in [0.2, 0.25) is 5.02 Å². The highest BCUT2D eigenvalue weighted by atomic mass is 35.5. The van der Waals surface area contributed by atoms with Crippen LogP contribution in [0.25, 0.3) is 0 Å². The quantitative estimate of drug-likeness (QED) is 0.639. The van der Waals surface area contributed by atoms with E-state index >= 15 is 0 Å². The van der Waals surface area contributed by atoms with Gasteiger partial charge in [0.2, 0.25) is 0 Å². The lowest BCUT2D eigenvalue weighted by atomic mass is 9.97. The Morgan fingerprint density at radius 1 is 1.21 bits per heavy atom. The Morgan fingerprint density at radius 3 is 2.93 bits per heavy atom. The highest BCUT2D eigenvalue weighted by Gasteiger charge is 2.11. The largest absolute Gasteiger partial charge is 0.381 e. The zero-order chi connectivity index (χ0) is 9.97. The van der Waals surface area contributed by atoms with Crippen LogP contribution in [0.3, 0.4) is 0 Å². The Kier molecular flexibility index (Phi) is 3.09. The molecule has 1 aliphatic rings. The number of rotatable bonds is 0. The van der Waals surface area contributed by atoms with Crippen LogP contribution >= 0.6 is 11.6 Å². The van der Waals surface area contributed by atoms with Gasteiger partial charge in [0.15, 0.2) is 0 Å². The summed E-state index contributed by atoms with van der Waals surface area (Å²) in [7, 11) is 0. The molecule has 0 aromatic heterocycles. The molecule has 1 aromatic carbocycles. The van der Waals surface area contributed by atoms with Crippen molar-refractivity contribution in [3.05, 3.63) is 33.8 Å². The SMILES string of the molecule is Cc1ccc2c(c1Cl)CCOCCC2. The van der Waals surface area contributed by atoms with Crippen molar-refractivity contribution < 1.29 is 4.74 Å². The lowest BCUT2D eigenvalue weighted by molar-refractivity contribution is 0.131. The third-order valence-electron chi connectivity index (χ3n) is 2.76. The summed E-state index contributed by atoms with van der Waals surface area (Å²) in [5.41, 5.74) is 3.88. The van der Waals surface area contributed by atoms with E-state index in [9.17, 15) is 0 Å². The van der Waals surface area contributed by atoms with Crippen molar-refractivity contribution in [2.24, 2.45) is 0 Å². The number of aryl methyl sites for hydroxylation is 2. The molecule has 14 heavy (non-hydrogen) atoms. The van der Waals surface area contributed by atoms with Crippen LogP contribution in [0.5, 0.6) is 0 Å². The van der Waals surface area contributed by atoms with Crippen LogP contribution in [0.15, 0.2) is 12.1 Å². The lowest BCUT2D eigenvalue weighted by Crippen LogP contribution is -2.09. The molecule has 1 aromatic rings. The van der Waals surface area contributed by atoms with Crippen molar-refractivity contribution in [2.75, 3.05) is 13.2 Å². The average Bonchev–Trinajstić information content (AvgIpc) is 2.13. The van der Waals surface area contributed by atoms with Gasteiger partial charge in [0, 0.05) is 11.6 Å². The van der Waals surface area contributed by atoms with Crippen molar-refractivity contribution in [3.63, 3.8) is 0 Å². The van der Waals surface area contributed by atoms with E-state index in [1.807, 2.05) is 0 Å². The predicted octanol–water partition coefficient (Wildman–Crippen LogP) is 3.15. The third-order valence-corrected chi connectivity index (χ3v) is 3.29. The van der Waals surface area contributed by atoms with Gasteiger partial charge in [-0.3, -0.25) is 0 Å². The molecule has 0 bridgehead atoms. The molecule has 1 heterocycles. The second-order valence-corrected chi connectivity index (χ2v) is 4.18. The van der Waals surface area contributed by atoms with Crippen molar-refractivity contribution >= 4 is 11.6 Å². The van der Waals surface area contributed by atoms with E-state index < -0.39 is 0 Å². The maximum atomic E-state index is 6.28. The number of benzene rings is 1. The van der Waals surface area contributed by atoms with E-state index in [1.54, 1.807) is 0 Å². The molecule has 0 saturated heterocycles. The van der Waals surface area contributed by atoms with Crippen molar-refractivity contribution in [3.8, 4) is 0 Å². The molecule has 2 heteroatoms. The predicted molar refractivity (Wildman–Crippen MR) is 59.0 cm³/mol. The summed E-state index contributed by atoms with van der Waals surface area (Å²) in [5.74, 6) is 0. The van der Waals surface area contributed by atoms with E-state index in [2.05, 4.69) is 19.1 Å². The number of fused-ring (bicyclic) bond motifs is 1. The standard InChI is InChI=1S/C12H15ClO/c1-9-4-5-10-3-2-7-14-8-6-11(10)12(9)13/h4-5H,2-3,6-8H2,1H3. The molecule has 0 aliphatic carbocycles. The van der Waals surface area contributed by atoms with Crippen LogP contribution in [-0.2, 0) is 17.6 Å². The van der Waals surface area contributed by atoms with Gasteiger partial charge in [-0.25, -0.2) is 0 Å². The third kappa shape index (κ3) is 1.94. The Hall–Kier alpha value is -0.530. The fraction of sp³-hybridized carbons (Fsp3) is 0.500. The van der Waals surface area contributed by atoms with Crippen molar-refractivity contribution in [2.45, 2.75) is 26.2 Å². The zero-order valence-electron chi connectivity index (χ0n) is 8.48. The summed E-state index contributed by atoms with van der Waals surface area (Å²) in [4.78, 5) is 0. The van der Waals surface area contributed by atoms with E-state index in [1.165, 1.54) is 16.7 Å². The number of hydrogen-bond donors (Lipinski definition) is 0. The summed E-state index contributed by atoms with van der Waals surface area (Å²) in [6.45, 7) is 3.74. The summed E-state index contributed by atoms with van der Waals surface area (Å²) >= 11 is 6.28. The van der Waals surface area contributed by atoms with Crippen LogP contribution in [0.1, 0.15) is 23.1 Å². The maximum absolute atomic E-state index is 6.28. The zero-order valence-corrected chi connectivity index (χ0v) is 9.23. The van der Waals surface area contributed by atoms with Gasteiger partial charge >= 0.3 is 0 Å². The minimum Gasteiger partial charge on any atom is -0.381 e. The van der Waals surface area contributed by atoms with Gasteiger partial charge in [-0.05, 0) is 42.9 Å². The molecule has 0 atom stereocenters. The van der Waals surface area contributed by atoms with Gasteiger partial charge < -0.3 is 4.74 Å². The summed E-state index contributed by atoms with van der Waals surface area (Å²) < 4.78 is 5.47. The minimum atomic E-state index is 0.802. The van der Waals surface area contributed by atoms with Crippen LogP contribution in [0.4, 0.5) is 0 Å². The summed E-state index contributed by atoms with van der Waals surface area (Å²) in [6.07, 6.45) is 3.15. The fourth-order valence-electron chi connectivity index (χ4n) is 1.92. The van der Waals surface area contributed by atoms with E-state index in [0.717, 1.165) is 37.5 Å². The molecule has 0 unspecified atom stereocenters. The van der Waals surface area contributed by atoms with E-state index in [-0.39, 0.29) is 0 Å². The molecule has 76 valence electrons. The molecule has 0 amide bonds. The number of hydrogen-bond acceptors (Lipinski definition) is 1. The Balaban J connectivity index is 2.39. The van der Waals surface area contributed by atoms with E-state index in [0.29, 0.717) is 0 Å². The summed E-state index contributed by atoms with van der Waals surface area (Å²) in [6, 6.07) is 4.32. The number of ether oxygens (including phenoxy) is 1. The van der Waals surface area contributed by atoms with Crippen molar-refractivity contribution in [1.29, 1.82) is 0 Å². The van der Waals surface area contributed by atoms with Gasteiger partial charge in [0.05, 0.1) is 6.61 Å². The topological polar surface area (TPSA) is 9.23 Å². The number of halogens is 1. The van der Waals surface area contributed by atoms with Gasteiger partial charge in [-0.15, -0.1) is 0 Å². The normalized spacial score (nSPS) is 17.0. The van der Waals surface area contributed by atoms with Gasteiger partial charge in [0.1, 0.15) is 0 Å². The average molecular weight is 211 g/mol. The molecule has 0 fully saturated rings. The van der Waals surface area contributed by atoms with Crippen molar-refractivity contribution in [1.82, 2.24) is 0 Å². The van der Waals surface area contributed by atoms with Crippen LogP contribution in [0, 0.1) is 6.92 Å². The first-order chi connectivity index (χ1) is 6.79.